The van der Waals surface area contributed by atoms with E-state index in [0.717, 1.165) is 38.7 Å². The van der Waals surface area contributed by atoms with Crippen LogP contribution in [-0.2, 0) is 4.74 Å². The van der Waals surface area contributed by atoms with Crippen LogP contribution in [0.15, 0.2) is 17.6 Å². The van der Waals surface area contributed by atoms with Crippen molar-refractivity contribution in [2.24, 2.45) is 4.99 Å². The molecule has 0 rings (SSSR count). The van der Waals surface area contributed by atoms with Crippen molar-refractivity contribution in [3.8, 4) is 0 Å². The largest absolute Gasteiger partial charge is 0.380 e. The molecule has 0 atom stereocenters. The summed E-state index contributed by atoms with van der Waals surface area (Å²) in [6, 6.07) is 0. The molecular weight excluding hydrogens is 353 g/mol. The van der Waals surface area contributed by atoms with Gasteiger partial charge in [-0.1, -0.05) is 12.5 Å². The molecule has 0 bridgehead atoms. The molecule has 0 spiro atoms. The summed E-state index contributed by atoms with van der Waals surface area (Å²) < 4.78 is 5.29. The van der Waals surface area contributed by atoms with Gasteiger partial charge in [-0.05, 0) is 26.2 Å². The van der Waals surface area contributed by atoms with Crippen molar-refractivity contribution in [3.05, 3.63) is 12.7 Å². The Balaban J connectivity index is 0. The van der Waals surface area contributed by atoms with Gasteiger partial charge in [-0.2, -0.15) is 0 Å². The summed E-state index contributed by atoms with van der Waals surface area (Å²) in [6.45, 7) is 9.06. The van der Waals surface area contributed by atoms with Gasteiger partial charge in [-0.3, -0.25) is 4.99 Å². The molecule has 4 nitrogen and oxygen atoms in total. The zero-order valence-corrected chi connectivity index (χ0v) is 15.0. The topological polar surface area (TPSA) is 36.9 Å². The Morgan fingerprint density at radius 2 is 2.11 bits per heavy atom. The van der Waals surface area contributed by atoms with Crippen LogP contribution in [0.1, 0.15) is 32.6 Å². The lowest BCUT2D eigenvalue weighted by Gasteiger charge is -2.22. The van der Waals surface area contributed by atoms with Crippen LogP contribution in [0.5, 0.6) is 0 Å². The highest BCUT2D eigenvalue weighted by Crippen LogP contribution is 2.01. The second-order valence-corrected chi connectivity index (χ2v) is 4.23. The second kappa shape index (κ2) is 15.8. The van der Waals surface area contributed by atoms with Gasteiger partial charge in [-0.25, -0.2) is 0 Å². The Hall–Kier alpha value is -0.300. The smallest absolute Gasteiger partial charge is 0.193 e. The maximum atomic E-state index is 5.29. The first kappa shape index (κ1) is 21.0. The predicted molar refractivity (Wildman–Crippen MR) is 94.6 cm³/mol. The van der Waals surface area contributed by atoms with Crippen molar-refractivity contribution in [2.75, 3.05) is 40.4 Å². The van der Waals surface area contributed by atoms with E-state index in [4.69, 9.17) is 4.74 Å². The van der Waals surface area contributed by atoms with Gasteiger partial charge in [0, 0.05) is 33.8 Å². The Morgan fingerprint density at radius 1 is 1.37 bits per heavy atom. The first-order valence-corrected chi connectivity index (χ1v) is 6.86. The van der Waals surface area contributed by atoms with E-state index >= 15 is 0 Å². The van der Waals surface area contributed by atoms with Crippen molar-refractivity contribution in [1.29, 1.82) is 0 Å². The molecule has 0 aromatic rings. The van der Waals surface area contributed by atoms with E-state index in [1.807, 2.05) is 20.0 Å². The molecule has 0 aromatic heterocycles. The highest BCUT2D eigenvalue weighted by atomic mass is 127. The number of nitrogens with one attached hydrogen (secondary N) is 1. The Bertz CT molecular complexity index is 235. The summed E-state index contributed by atoms with van der Waals surface area (Å²) in [4.78, 5) is 6.43. The highest BCUT2D eigenvalue weighted by molar-refractivity contribution is 14.0. The SMILES string of the molecule is C=CCCCCCN(C)C(=NC)NCCOCC.I. The van der Waals surface area contributed by atoms with Crippen molar-refractivity contribution < 1.29 is 4.74 Å². The van der Waals surface area contributed by atoms with Crippen molar-refractivity contribution in [2.45, 2.75) is 32.6 Å². The van der Waals surface area contributed by atoms with Gasteiger partial charge in [0.15, 0.2) is 5.96 Å². The monoisotopic (exact) mass is 383 g/mol. The Kier molecular flexibility index (Phi) is 17.4. The fourth-order valence-electron chi connectivity index (χ4n) is 1.68. The zero-order valence-electron chi connectivity index (χ0n) is 12.7. The van der Waals surface area contributed by atoms with E-state index in [9.17, 15) is 0 Å². The Morgan fingerprint density at radius 3 is 2.68 bits per heavy atom. The molecule has 19 heavy (non-hydrogen) atoms. The van der Waals surface area contributed by atoms with Crippen molar-refractivity contribution in [3.63, 3.8) is 0 Å². The number of unbranched alkanes of at least 4 members (excludes halogenated alkanes) is 3. The fraction of sp³-hybridized carbons (Fsp3) is 0.786. The molecule has 0 radical (unpaired) electrons. The van der Waals surface area contributed by atoms with E-state index in [0.29, 0.717) is 0 Å². The zero-order chi connectivity index (χ0) is 13.6. The quantitative estimate of drug-likeness (QED) is 0.207. The fourth-order valence-corrected chi connectivity index (χ4v) is 1.68. The molecule has 1 N–H and O–H groups in total. The third kappa shape index (κ3) is 12.5. The van der Waals surface area contributed by atoms with Crippen LogP contribution < -0.4 is 5.32 Å². The van der Waals surface area contributed by atoms with Gasteiger partial charge in [0.05, 0.1) is 6.61 Å². The van der Waals surface area contributed by atoms with E-state index < -0.39 is 0 Å². The highest BCUT2D eigenvalue weighted by Gasteiger charge is 2.04. The van der Waals surface area contributed by atoms with Gasteiger partial charge >= 0.3 is 0 Å². The van der Waals surface area contributed by atoms with Crippen molar-refractivity contribution in [1.82, 2.24) is 10.2 Å². The summed E-state index contributed by atoms with van der Waals surface area (Å²) in [5.41, 5.74) is 0. The number of nitrogens with zero attached hydrogens (tertiary/aromatic N) is 2. The molecule has 5 heteroatoms. The lowest BCUT2D eigenvalue weighted by molar-refractivity contribution is 0.152. The summed E-state index contributed by atoms with van der Waals surface area (Å²) in [7, 11) is 3.89. The first-order chi connectivity index (χ1) is 8.76. The summed E-state index contributed by atoms with van der Waals surface area (Å²) in [5, 5.41) is 3.29. The molecule has 0 saturated carbocycles. The third-order valence-corrected chi connectivity index (χ3v) is 2.71. The van der Waals surface area contributed by atoms with E-state index in [2.05, 4.69) is 28.8 Å². The average molecular weight is 383 g/mol. The minimum atomic E-state index is 0. The molecule has 0 aromatic carbocycles. The van der Waals surface area contributed by atoms with E-state index in [1.54, 1.807) is 0 Å². The van der Waals surface area contributed by atoms with Crippen LogP contribution in [0.4, 0.5) is 0 Å². The van der Waals surface area contributed by atoms with Gasteiger partial charge in [0.1, 0.15) is 0 Å². The molecule has 114 valence electrons. The number of aliphatic imine (C=N–C) groups is 1. The standard InChI is InChI=1S/C14H29N3O.HI/c1-5-7-8-9-10-12-17(4)14(15-3)16-11-13-18-6-2;/h5H,1,6-13H2,2-4H3,(H,15,16);1H. The minimum Gasteiger partial charge on any atom is -0.380 e. The van der Waals surface area contributed by atoms with E-state index in [1.165, 1.54) is 19.3 Å². The first-order valence-electron chi connectivity index (χ1n) is 6.86. The number of guanidine groups is 1. The van der Waals surface area contributed by atoms with Gasteiger partial charge in [0.2, 0.25) is 0 Å². The maximum absolute atomic E-state index is 5.29. The average Bonchev–Trinajstić information content (AvgIpc) is 2.38. The van der Waals surface area contributed by atoms with Crippen LogP contribution in [-0.4, -0.2) is 51.3 Å². The number of hydrogen-bond acceptors (Lipinski definition) is 2. The molecular formula is C14H30IN3O. The molecule has 0 aliphatic carbocycles. The number of rotatable bonds is 10. The number of halogens is 1. The van der Waals surface area contributed by atoms with Gasteiger partial charge in [0.25, 0.3) is 0 Å². The summed E-state index contributed by atoms with van der Waals surface area (Å²) in [6.07, 6.45) is 6.76. The molecule has 0 amide bonds. The van der Waals surface area contributed by atoms with Crippen LogP contribution in [0, 0.1) is 0 Å². The maximum Gasteiger partial charge on any atom is 0.193 e. The van der Waals surface area contributed by atoms with Crippen LogP contribution >= 0.6 is 24.0 Å². The van der Waals surface area contributed by atoms with Crippen LogP contribution in [0.25, 0.3) is 0 Å². The van der Waals surface area contributed by atoms with Crippen LogP contribution in [0.2, 0.25) is 0 Å². The molecule has 0 saturated heterocycles. The molecule has 0 fully saturated rings. The molecule has 0 aliphatic rings. The third-order valence-electron chi connectivity index (χ3n) is 2.71. The molecule has 0 heterocycles. The summed E-state index contributed by atoms with van der Waals surface area (Å²) in [5.74, 6) is 0.943. The van der Waals surface area contributed by atoms with Crippen LogP contribution in [0.3, 0.4) is 0 Å². The number of allylic oxidation sites excluding steroid dienone is 1. The van der Waals surface area contributed by atoms with E-state index in [-0.39, 0.29) is 24.0 Å². The van der Waals surface area contributed by atoms with Crippen molar-refractivity contribution >= 4 is 29.9 Å². The summed E-state index contributed by atoms with van der Waals surface area (Å²) >= 11 is 0. The normalized spacial score (nSPS) is 10.8. The van der Waals surface area contributed by atoms with Gasteiger partial charge < -0.3 is 15.0 Å². The second-order valence-electron chi connectivity index (χ2n) is 4.23. The predicted octanol–water partition coefficient (Wildman–Crippen LogP) is 2.89. The van der Waals surface area contributed by atoms with Gasteiger partial charge in [-0.15, -0.1) is 30.6 Å². The molecule has 0 aliphatic heterocycles. The Labute approximate surface area is 135 Å². The number of ether oxygens (including phenoxy) is 1. The minimum absolute atomic E-state index is 0. The molecule has 0 unspecified atom stereocenters. The lowest BCUT2D eigenvalue weighted by atomic mass is 10.2. The number of hydrogen-bond donors (Lipinski definition) is 1. The lowest BCUT2D eigenvalue weighted by Crippen LogP contribution is -2.40.